The van der Waals surface area contributed by atoms with Gasteiger partial charge in [-0.2, -0.15) is 0 Å². The molecule has 1 radical (unpaired) electrons. The van der Waals surface area contributed by atoms with Crippen LogP contribution in [0.4, 0.5) is 0 Å². The normalized spacial score (nSPS) is 9.28. The van der Waals surface area contributed by atoms with Crippen LogP contribution in [0.3, 0.4) is 0 Å². The van der Waals surface area contributed by atoms with E-state index >= 15 is 0 Å². The van der Waals surface area contributed by atoms with Crippen LogP contribution in [0.2, 0.25) is 0 Å². The number of pyridine rings is 4. The third-order valence-electron chi connectivity index (χ3n) is 3.18. The second-order valence-electron chi connectivity index (χ2n) is 4.86. The summed E-state index contributed by atoms with van der Waals surface area (Å²) >= 11 is 0. The van der Waals surface area contributed by atoms with E-state index in [4.69, 9.17) is 0 Å². The van der Waals surface area contributed by atoms with E-state index in [1.165, 1.54) is 0 Å². The summed E-state index contributed by atoms with van der Waals surface area (Å²) in [7, 11) is 0. The van der Waals surface area contributed by atoms with Crippen molar-refractivity contribution in [3.63, 3.8) is 0 Å². The molecule has 0 aliphatic rings. The number of nitrogens with zero attached hydrogens (tertiary/aromatic N) is 4. The standard InChI is InChI=1S/2C10H8N2.Nd/c2*1-3-7-11-9(5-1)10-6-2-4-8-12-10;/h2*1-8H;/q;;+3. The van der Waals surface area contributed by atoms with Crippen LogP contribution in [0, 0.1) is 40.8 Å². The number of aromatic nitrogens is 4. The summed E-state index contributed by atoms with van der Waals surface area (Å²) in [6, 6.07) is 23.2. The largest absolute Gasteiger partial charge is 3.00 e. The molecule has 25 heavy (non-hydrogen) atoms. The van der Waals surface area contributed by atoms with Gasteiger partial charge in [-0.25, -0.2) is 0 Å². The zero-order valence-electron chi connectivity index (χ0n) is 13.5. The maximum atomic E-state index is 4.19. The molecule has 0 aliphatic heterocycles. The summed E-state index contributed by atoms with van der Waals surface area (Å²) in [6.45, 7) is 0. The van der Waals surface area contributed by atoms with E-state index in [0.29, 0.717) is 0 Å². The van der Waals surface area contributed by atoms with Gasteiger partial charge in [0, 0.05) is 24.8 Å². The molecule has 0 bridgehead atoms. The summed E-state index contributed by atoms with van der Waals surface area (Å²) in [5.74, 6) is 0. The van der Waals surface area contributed by atoms with Crippen molar-refractivity contribution < 1.29 is 40.8 Å². The number of hydrogen-bond acceptors (Lipinski definition) is 4. The van der Waals surface area contributed by atoms with Crippen molar-refractivity contribution in [1.29, 1.82) is 0 Å². The van der Waals surface area contributed by atoms with Gasteiger partial charge in [-0.05, 0) is 48.5 Å². The zero-order valence-corrected chi connectivity index (χ0v) is 16.7. The molecular weight excluding hydrogens is 440 g/mol. The van der Waals surface area contributed by atoms with Crippen molar-refractivity contribution in [3.8, 4) is 22.8 Å². The Morgan fingerprint density at radius 3 is 0.760 bits per heavy atom. The Balaban J connectivity index is 0.000000173. The molecule has 4 rings (SSSR count). The van der Waals surface area contributed by atoms with Crippen LogP contribution in [-0.2, 0) is 0 Å². The van der Waals surface area contributed by atoms with E-state index in [9.17, 15) is 0 Å². The molecular formula is C20H16N4Nd+3. The molecule has 5 heteroatoms. The third-order valence-corrected chi connectivity index (χ3v) is 3.18. The molecule has 4 aromatic heterocycles. The topological polar surface area (TPSA) is 51.6 Å². The van der Waals surface area contributed by atoms with Crippen LogP contribution in [-0.4, -0.2) is 19.9 Å². The summed E-state index contributed by atoms with van der Waals surface area (Å²) in [5, 5.41) is 0. The first-order valence-corrected chi connectivity index (χ1v) is 7.58. The van der Waals surface area contributed by atoms with Crippen LogP contribution >= 0.6 is 0 Å². The summed E-state index contributed by atoms with van der Waals surface area (Å²) in [5.41, 5.74) is 3.66. The molecule has 0 N–H and O–H groups in total. The minimum atomic E-state index is 0. The Morgan fingerprint density at radius 1 is 0.360 bits per heavy atom. The van der Waals surface area contributed by atoms with Crippen molar-refractivity contribution in [1.82, 2.24) is 19.9 Å². The van der Waals surface area contributed by atoms with Crippen molar-refractivity contribution in [3.05, 3.63) is 97.6 Å². The van der Waals surface area contributed by atoms with Crippen LogP contribution < -0.4 is 0 Å². The van der Waals surface area contributed by atoms with Gasteiger partial charge in [0.2, 0.25) is 0 Å². The predicted molar refractivity (Wildman–Crippen MR) is 94.9 cm³/mol. The Kier molecular flexibility index (Phi) is 8.28. The van der Waals surface area contributed by atoms with Gasteiger partial charge in [0.05, 0.1) is 22.8 Å². The van der Waals surface area contributed by atoms with Gasteiger partial charge in [0.15, 0.2) is 0 Å². The van der Waals surface area contributed by atoms with Gasteiger partial charge in [-0.3, -0.25) is 19.9 Å². The first-order valence-electron chi connectivity index (χ1n) is 7.58. The van der Waals surface area contributed by atoms with Crippen LogP contribution in [0.1, 0.15) is 0 Å². The Morgan fingerprint density at radius 2 is 0.600 bits per heavy atom. The molecule has 4 aromatic rings. The molecule has 0 fully saturated rings. The van der Waals surface area contributed by atoms with Gasteiger partial charge in [0.1, 0.15) is 0 Å². The van der Waals surface area contributed by atoms with E-state index in [0.717, 1.165) is 22.8 Å². The summed E-state index contributed by atoms with van der Waals surface area (Å²) in [4.78, 5) is 16.7. The van der Waals surface area contributed by atoms with Crippen LogP contribution in [0.25, 0.3) is 22.8 Å². The quantitative estimate of drug-likeness (QED) is 0.452. The molecule has 4 nitrogen and oxygen atoms in total. The second kappa shape index (κ2) is 10.7. The second-order valence-corrected chi connectivity index (χ2v) is 4.86. The van der Waals surface area contributed by atoms with Gasteiger partial charge in [-0.15, -0.1) is 0 Å². The Hall–Kier alpha value is -2.05. The molecule has 0 saturated carbocycles. The molecule has 0 spiro atoms. The molecule has 0 unspecified atom stereocenters. The van der Waals surface area contributed by atoms with E-state index in [2.05, 4.69) is 19.9 Å². The zero-order chi connectivity index (χ0) is 16.5. The summed E-state index contributed by atoms with van der Waals surface area (Å²) in [6.07, 6.45) is 7.07. The van der Waals surface area contributed by atoms with Crippen molar-refractivity contribution in [2.45, 2.75) is 0 Å². The third kappa shape index (κ3) is 6.07. The van der Waals surface area contributed by atoms with E-state index in [-0.39, 0.29) is 40.8 Å². The van der Waals surface area contributed by atoms with Crippen LogP contribution in [0.5, 0.6) is 0 Å². The molecule has 0 amide bonds. The Bertz CT molecular complexity index is 692. The fourth-order valence-corrected chi connectivity index (χ4v) is 2.06. The number of hydrogen-bond donors (Lipinski definition) is 0. The average Bonchev–Trinajstić information content (AvgIpc) is 2.71. The van der Waals surface area contributed by atoms with E-state index < -0.39 is 0 Å². The summed E-state index contributed by atoms with van der Waals surface area (Å²) < 4.78 is 0. The van der Waals surface area contributed by atoms with Gasteiger partial charge >= 0.3 is 40.8 Å². The Labute approximate surface area is 180 Å². The molecule has 0 saturated heterocycles. The molecule has 0 atom stereocenters. The van der Waals surface area contributed by atoms with Crippen LogP contribution in [0.15, 0.2) is 97.6 Å². The predicted octanol–water partition coefficient (Wildman–Crippen LogP) is 4.29. The average molecular weight is 457 g/mol. The number of rotatable bonds is 2. The van der Waals surface area contributed by atoms with Crippen molar-refractivity contribution in [2.75, 3.05) is 0 Å². The first-order chi connectivity index (χ1) is 11.9. The van der Waals surface area contributed by atoms with Gasteiger partial charge in [-0.1, -0.05) is 24.3 Å². The first kappa shape index (κ1) is 19.3. The monoisotopic (exact) mass is 454 g/mol. The fraction of sp³-hybridized carbons (Fsp3) is 0. The fourth-order valence-electron chi connectivity index (χ4n) is 2.06. The van der Waals surface area contributed by atoms with E-state index in [1.54, 1.807) is 24.8 Å². The molecule has 117 valence electrons. The molecule has 4 heterocycles. The van der Waals surface area contributed by atoms with Crippen molar-refractivity contribution in [2.24, 2.45) is 0 Å². The van der Waals surface area contributed by atoms with Gasteiger partial charge in [0.25, 0.3) is 0 Å². The maximum absolute atomic E-state index is 4.19. The smallest absolute Gasteiger partial charge is 0.255 e. The molecule has 0 aromatic carbocycles. The van der Waals surface area contributed by atoms with Crippen molar-refractivity contribution >= 4 is 0 Å². The van der Waals surface area contributed by atoms with Gasteiger partial charge < -0.3 is 0 Å². The SMILES string of the molecule is [Nd+3].c1ccc(-c2ccccn2)nc1.c1ccc(-c2ccccn2)nc1. The minimum absolute atomic E-state index is 0. The molecule has 0 aliphatic carbocycles. The van der Waals surface area contributed by atoms with E-state index in [1.807, 2.05) is 72.8 Å². The minimum Gasteiger partial charge on any atom is -0.255 e. The maximum Gasteiger partial charge on any atom is 3.00 e.